The fourth-order valence-corrected chi connectivity index (χ4v) is 4.61. The zero-order valence-electron chi connectivity index (χ0n) is 15.3. The molecule has 1 aliphatic rings. The number of methoxy groups -OCH3 is 1. The van der Waals surface area contributed by atoms with E-state index in [1.807, 2.05) is 12.1 Å². The highest BCUT2D eigenvalue weighted by Gasteiger charge is 2.26. The molecule has 1 saturated heterocycles. The van der Waals surface area contributed by atoms with Crippen molar-refractivity contribution in [2.75, 3.05) is 23.3 Å². The third-order valence-electron chi connectivity index (χ3n) is 4.70. The molecule has 3 aromatic rings. The van der Waals surface area contributed by atoms with Gasteiger partial charge in [0, 0.05) is 30.2 Å². The van der Waals surface area contributed by atoms with Crippen molar-refractivity contribution in [1.29, 1.82) is 0 Å². The van der Waals surface area contributed by atoms with E-state index in [2.05, 4.69) is 9.71 Å². The van der Waals surface area contributed by atoms with Crippen LogP contribution in [0.15, 0.2) is 59.6 Å². The van der Waals surface area contributed by atoms with Crippen molar-refractivity contribution in [2.45, 2.75) is 17.7 Å². The summed E-state index contributed by atoms with van der Waals surface area (Å²) in [5.74, 6) is 0.191. The van der Waals surface area contributed by atoms with E-state index in [1.165, 1.54) is 13.2 Å². The molecule has 0 saturated carbocycles. The zero-order valence-corrected chi connectivity index (χ0v) is 16.1. The third-order valence-corrected chi connectivity index (χ3v) is 6.09. The summed E-state index contributed by atoms with van der Waals surface area (Å²) in [6, 6.07) is 13.7. The van der Waals surface area contributed by atoms with E-state index in [0.717, 1.165) is 11.8 Å². The van der Waals surface area contributed by atoms with E-state index >= 15 is 0 Å². The first-order valence-corrected chi connectivity index (χ1v) is 10.3. The molecule has 144 valence electrons. The van der Waals surface area contributed by atoms with E-state index in [4.69, 9.17) is 4.74 Å². The number of para-hydroxylation sites is 1. The van der Waals surface area contributed by atoms with E-state index < -0.39 is 10.0 Å². The van der Waals surface area contributed by atoms with Crippen molar-refractivity contribution in [3.63, 3.8) is 0 Å². The van der Waals surface area contributed by atoms with Gasteiger partial charge in [0.2, 0.25) is 5.91 Å². The zero-order chi connectivity index (χ0) is 19.7. The van der Waals surface area contributed by atoms with Crippen molar-refractivity contribution in [3.8, 4) is 5.75 Å². The van der Waals surface area contributed by atoms with Crippen molar-refractivity contribution in [1.82, 2.24) is 4.98 Å². The minimum atomic E-state index is -3.97. The normalized spacial score (nSPS) is 14.5. The van der Waals surface area contributed by atoms with Crippen LogP contribution in [0, 0.1) is 0 Å². The lowest BCUT2D eigenvalue weighted by Crippen LogP contribution is -2.24. The van der Waals surface area contributed by atoms with Gasteiger partial charge in [-0.05, 0) is 36.8 Å². The molecule has 4 rings (SSSR count). The van der Waals surface area contributed by atoms with Crippen LogP contribution in [-0.4, -0.2) is 33.0 Å². The summed E-state index contributed by atoms with van der Waals surface area (Å²) in [6.45, 7) is 0.575. The lowest BCUT2D eigenvalue weighted by molar-refractivity contribution is -0.117. The number of hydrogen-bond acceptors (Lipinski definition) is 5. The Hall–Kier alpha value is -3.13. The van der Waals surface area contributed by atoms with Crippen LogP contribution in [0.4, 0.5) is 11.4 Å². The Morgan fingerprint density at radius 3 is 2.71 bits per heavy atom. The van der Waals surface area contributed by atoms with Gasteiger partial charge in [-0.25, -0.2) is 8.42 Å². The largest absolute Gasteiger partial charge is 0.495 e. The van der Waals surface area contributed by atoms with Gasteiger partial charge >= 0.3 is 0 Å². The van der Waals surface area contributed by atoms with Crippen LogP contribution in [-0.2, 0) is 14.8 Å². The topological polar surface area (TPSA) is 88.6 Å². The first-order chi connectivity index (χ1) is 13.5. The van der Waals surface area contributed by atoms with Crippen LogP contribution in [0.2, 0.25) is 0 Å². The number of carbonyl (C=O) groups is 1. The van der Waals surface area contributed by atoms with Crippen LogP contribution in [0.5, 0.6) is 5.75 Å². The molecule has 0 bridgehead atoms. The number of carbonyl (C=O) groups excluding carboxylic acids is 1. The Balaban J connectivity index is 1.77. The summed E-state index contributed by atoms with van der Waals surface area (Å²) < 4.78 is 34.2. The SMILES string of the molecule is COc1ccc(N2CCCC2=O)cc1S(=O)(=O)Nc1cccc2cccnc12. The van der Waals surface area contributed by atoms with Crippen molar-refractivity contribution in [3.05, 3.63) is 54.7 Å². The number of rotatable bonds is 5. The van der Waals surface area contributed by atoms with E-state index in [0.29, 0.717) is 29.9 Å². The summed E-state index contributed by atoms with van der Waals surface area (Å²) >= 11 is 0. The number of anilines is 2. The van der Waals surface area contributed by atoms with Gasteiger partial charge in [-0.3, -0.25) is 14.5 Å². The van der Waals surface area contributed by atoms with Gasteiger partial charge in [0.25, 0.3) is 10.0 Å². The number of benzene rings is 2. The lowest BCUT2D eigenvalue weighted by Gasteiger charge is -2.19. The molecule has 8 heteroatoms. The first-order valence-electron chi connectivity index (χ1n) is 8.84. The van der Waals surface area contributed by atoms with Crippen LogP contribution < -0.4 is 14.4 Å². The lowest BCUT2D eigenvalue weighted by atomic mass is 10.2. The number of aromatic nitrogens is 1. The van der Waals surface area contributed by atoms with Crippen LogP contribution in [0.3, 0.4) is 0 Å². The number of nitrogens with one attached hydrogen (secondary N) is 1. The van der Waals surface area contributed by atoms with Gasteiger partial charge in [0.15, 0.2) is 0 Å². The van der Waals surface area contributed by atoms with Gasteiger partial charge in [0.1, 0.15) is 10.6 Å². The van der Waals surface area contributed by atoms with E-state index in [-0.39, 0.29) is 16.6 Å². The van der Waals surface area contributed by atoms with Gasteiger partial charge in [-0.1, -0.05) is 18.2 Å². The number of ether oxygens (including phenoxy) is 1. The third kappa shape index (κ3) is 3.27. The molecule has 1 amide bonds. The smallest absolute Gasteiger partial charge is 0.265 e. The predicted molar refractivity (Wildman–Crippen MR) is 107 cm³/mol. The van der Waals surface area contributed by atoms with Crippen molar-refractivity contribution in [2.24, 2.45) is 0 Å². The second-order valence-electron chi connectivity index (χ2n) is 6.47. The molecule has 1 aromatic heterocycles. The first kappa shape index (κ1) is 18.2. The predicted octanol–water partition coefficient (Wildman–Crippen LogP) is 3.17. The molecule has 0 radical (unpaired) electrons. The Bertz CT molecular complexity index is 1160. The van der Waals surface area contributed by atoms with Crippen molar-refractivity contribution >= 4 is 38.2 Å². The van der Waals surface area contributed by atoms with Crippen LogP contribution in [0.25, 0.3) is 10.9 Å². The second-order valence-corrected chi connectivity index (χ2v) is 8.12. The molecule has 7 nitrogen and oxygen atoms in total. The quantitative estimate of drug-likeness (QED) is 0.714. The highest BCUT2D eigenvalue weighted by atomic mass is 32.2. The highest BCUT2D eigenvalue weighted by molar-refractivity contribution is 7.92. The van der Waals surface area contributed by atoms with Crippen molar-refractivity contribution < 1.29 is 17.9 Å². The fourth-order valence-electron chi connectivity index (χ4n) is 3.35. The molecule has 0 atom stereocenters. The number of hydrogen-bond donors (Lipinski definition) is 1. The number of fused-ring (bicyclic) bond motifs is 1. The van der Waals surface area contributed by atoms with Gasteiger partial charge in [-0.15, -0.1) is 0 Å². The van der Waals surface area contributed by atoms with E-state index in [1.54, 1.807) is 41.4 Å². The molecule has 1 aliphatic heterocycles. The Kier molecular flexibility index (Phi) is 4.64. The Morgan fingerprint density at radius 2 is 1.96 bits per heavy atom. The molecular formula is C20H19N3O4S. The number of pyridine rings is 1. The molecule has 28 heavy (non-hydrogen) atoms. The standard InChI is InChI=1S/C20H19N3O4S/c1-27-17-10-9-15(23-12-4-8-19(23)24)13-18(17)28(25,26)22-16-7-2-5-14-6-3-11-21-20(14)16/h2-3,5-7,9-11,13,22H,4,8,12H2,1H3. The number of nitrogens with zero attached hydrogens (tertiary/aromatic N) is 2. The summed E-state index contributed by atoms with van der Waals surface area (Å²) in [5, 5.41) is 0.825. The minimum Gasteiger partial charge on any atom is -0.495 e. The number of amides is 1. The monoisotopic (exact) mass is 397 g/mol. The molecule has 1 N–H and O–H groups in total. The van der Waals surface area contributed by atoms with E-state index in [9.17, 15) is 13.2 Å². The van der Waals surface area contributed by atoms with Gasteiger partial charge in [0.05, 0.1) is 18.3 Å². The van der Waals surface area contributed by atoms with Crippen LogP contribution in [0.1, 0.15) is 12.8 Å². The second kappa shape index (κ2) is 7.12. The fraction of sp³-hybridized carbons (Fsp3) is 0.200. The molecule has 1 fully saturated rings. The minimum absolute atomic E-state index is 0.0141. The Labute approximate surface area is 163 Å². The molecule has 2 aromatic carbocycles. The van der Waals surface area contributed by atoms with Crippen LogP contribution >= 0.6 is 0 Å². The summed E-state index contributed by atoms with van der Waals surface area (Å²) in [6.07, 6.45) is 2.83. The summed E-state index contributed by atoms with van der Waals surface area (Å²) in [5.41, 5.74) is 1.47. The number of sulfonamides is 1. The van der Waals surface area contributed by atoms with Gasteiger partial charge in [-0.2, -0.15) is 0 Å². The molecule has 0 spiro atoms. The maximum absolute atomic E-state index is 13.2. The molecule has 0 unspecified atom stereocenters. The highest BCUT2D eigenvalue weighted by Crippen LogP contribution is 2.33. The molecule has 0 aliphatic carbocycles. The average molecular weight is 397 g/mol. The average Bonchev–Trinajstić information content (AvgIpc) is 3.13. The maximum atomic E-state index is 13.2. The summed E-state index contributed by atoms with van der Waals surface area (Å²) in [4.78, 5) is 17.9. The summed E-state index contributed by atoms with van der Waals surface area (Å²) in [7, 11) is -2.56. The van der Waals surface area contributed by atoms with Gasteiger partial charge < -0.3 is 9.64 Å². The molecule has 2 heterocycles. The maximum Gasteiger partial charge on any atom is 0.265 e. The molecular weight excluding hydrogens is 378 g/mol. The Morgan fingerprint density at radius 1 is 1.14 bits per heavy atom.